The number of carboxylic acids is 1. The van der Waals surface area contributed by atoms with Gasteiger partial charge in [0, 0.05) is 25.4 Å². The molecule has 0 aliphatic carbocycles. The van der Waals surface area contributed by atoms with Gasteiger partial charge >= 0.3 is 5.97 Å². The largest absolute Gasteiger partial charge is 0.481 e. The second kappa shape index (κ2) is 9.23. The van der Waals surface area contributed by atoms with Crippen LogP contribution in [0, 0.1) is 5.92 Å². The zero-order valence-corrected chi connectivity index (χ0v) is 13.3. The Balaban J connectivity index is 2.16. The molecule has 6 heteroatoms. The zero-order valence-electron chi connectivity index (χ0n) is 12.5. The van der Waals surface area contributed by atoms with Crippen LogP contribution in [0.4, 0.5) is 0 Å². The van der Waals surface area contributed by atoms with E-state index >= 15 is 0 Å². The molecule has 1 fully saturated rings. The van der Waals surface area contributed by atoms with Gasteiger partial charge in [-0.05, 0) is 25.9 Å². The average molecular weight is 302 g/mol. The van der Waals surface area contributed by atoms with Crippen molar-refractivity contribution in [3.8, 4) is 0 Å². The van der Waals surface area contributed by atoms with Gasteiger partial charge in [0.25, 0.3) is 0 Å². The third-order valence-electron chi connectivity index (χ3n) is 3.87. The average Bonchev–Trinajstić information content (AvgIpc) is 2.47. The van der Waals surface area contributed by atoms with Gasteiger partial charge in [-0.15, -0.1) is 0 Å². The molecule has 116 valence electrons. The summed E-state index contributed by atoms with van der Waals surface area (Å²) in [6.45, 7) is 8.59. The topological polar surface area (TPSA) is 60.9 Å². The number of hydrogen-bond acceptors (Lipinski definition) is 4. The fourth-order valence-electron chi connectivity index (χ4n) is 2.36. The van der Waals surface area contributed by atoms with Crippen molar-refractivity contribution in [3.63, 3.8) is 0 Å². The zero-order chi connectivity index (χ0) is 15.0. The van der Waals surface area contributed by atoms with E-state index in [0.29, 0.717) is 31.7 Å². The molecule has 0 aromatic rings. The molecule has 0 radical (unpaired) electrons. The molecule has 5 nitrogen and oxygen atoms in total. The van der Waals surface area contributed by atoms with Crippen LogP contribution < -0.4 is 0 Å². The molecule has 1 rings (SSSR count). The Morgan fingerprint density at radius 2 is 1.85 bits per heavy atom. The SMILES string of the molecule is CCN(CC)CCSCC(=O)N1CCC(C(=O)O)CC1. The molecular formula is C14H26N2O3S. The maximum Gasteiger partial charge on any atom is 0.306 e. The molecule has 1 saturated heterocycles. The van der Waals surface area contributed by atoms with E-state index in [-0.39, 0.29) is 11.8 Å². The monoisotopic (exact) mass is 302 g/mol. The van der Waals surface area contributed by atoms with Gasteiger partial charge in [-0.25, -0.2) is 0 Å². The Morgan fingerprint density at radius 1 is 1.25 bits per heavy atom. The summed E-state index contributed by atoms with van der Waals surface area (Å²) in [5, 5.41) is 8.92. The second-order valence-corrected chi connectivity index (χ2v) is 6.18. The molecule has 0 spiro atoms. The normalized spacial score (nSPS) is 16.6. The first-order chi connectivity index (χ1) is 9.58. The van der Waals surface area contributed by atoms with Crippen molar-refractivity contribution in [1.29, 1.82) is 0 Å². The Morgan fingerprint density at radius 3 is 2.35 bits per heavy atom. The third kappa shape index (κ3) is 5.71. The number of likely N-dealkylation sites (tertiary alicyclic amines) is 1. The van der Waals surface area contributed by atoms with E-state index in [9.17, 15) is 9.59 Å². The maximum atomic E-state index is 12.0. The van der Waals surface area contributed by atoms with E-state index in [0.717, 1.165) is 25.4 Å². The summed E-state index contributed by atoms with van der Waals surface area (Å²) >= 11 is 1.67. The first-order valence-corrected chi connectivity index (χ1v) is 8.54. The molecule has 1 N–H and O–H groups in total. The number of carbonyl (C=O) groups excluding carboxylic acids is 1. The number of hydrogen-bond donors (Lipinski definition) is 1. The molecule has 20 heavy (non-hydrogen) atoms. The lowest BCUT2D eigenvalue weighted by molar-refractivity contribution is -0.145. The van der Waals surface area contributed by atoms with E-state index in [2.05, 4.69) is 18.7 Å². The quantitative estimate of drug-likeness (QED) is 0.687. The number of aliphatic carboxylic acids is 1. The van der Waals surface area contributed by atoms with Gasteiger partial charge in [0.2, 0.25) is 5.91 Å². The number of nitrogens with zero attached hydrogens (tertiary/aromatic N) is 2. The minimum Gasteiger partial charge on any atom is -0.481 e. The molecule has 0 bridgehead atoms. The van der Waals surface area contributed by atoms with Crippen LogP contribution >= 0.6 is 11.8 Å². The van der Waals surface area contributed by atoms with E-state index in [4.69, 9.17) is 5.11 Å². The van der Waals surface area contributed by atoms with Crippen LogP contribution in [0.15, 0.2) is 0 Å². The van der Waals surface area contributed by atoms with Gasteiger partial charge in [-0.2, -0.15) is 11.8 Å². The van der Waals surface area contributed by atoms with Crippen LogP contribution in [0.2, 0.25) is 0 Å². The molecular weight excluding hydrogens is 276 g/mol. The predicted molar refractivity (Wildman–Crippen MR) is 82.1 cm³/mol. The number of carboxylic acid groups (broad SMARTS) is 1. The van der Waals surface area contributed by atoms with E-state index in [1.807, 2.05) is 4.90 Å². The predicted octanol–water partition coefficient (Wildman–Crippen LogP) is 1.38. The van der Waals surface area contributed by atoms with Crippen LogP contribution in [0.5, 0.6) is 0 Å². The van der Waals surface area contributed by atoms with Crippen molar-refractivity contribution in [2.75, 3.05) is 44.2 Å². The summed E-state index contributed by atoms with van der Waals surface area (Å²) < 4.78 is 0. The van der Waals surface area contributed by atoms with Crippen LogP contribution in [-0.2, 0) is 9.59 Å². The highest BCUT2D eigenvalue weighted by molar-refractivity contribution is 7.99. The lowest BCUT2D eigenvalue weighted by Crippen LogP contribution is -2.41. The maximum absolute atomic E-state index is 12.0. The molecule has 1 aliphatic heterocycles. The summed E-state index contributed by atoms with van der Waals surface area (Å²) in [6, 6.07) is 0. The van der Waals surface area contributed by atoms with E-state index < -0.39 is 5.97 Å². The number of piperidine rings is 1. The minimum atomic E-state index is -0.731. The lowest BCUT2D eigenvalue weighted by Gasteiger charge is -2.30. The highest BCUT2D eigenvalue weighted by atomic mass is 32.2. The van der Waals surface area contributed by atoms with Gasteiger partial charge in [0.1, 0.15) is 0 Å². The van der Waals surface area contributed by atoms with E-state index in [1.54, 1.807) is 11.8 Å². The highest BCUT2D eigenvalue weighted by Gasteiger charge is 2.26. The van der Waals surface area contributed by atoms with Crippen molar-refractivity contribution < 1.29 is 14.7 Å². The Bertz CT molecular complexity index is 314. The van der Waals surface area contributed by atoms with Gasteiger partial charge in [-0.3, -0.25) is 9.59 Å². The first-order valence-electron chi connectivity index (χ1n) is 7.39. The smallest absolute Gasteiger partial charge is 0.306 e. The van der Waals surface area contributed by atoms with Crippen molar-refractivity contribution in [3.05, 3.63) is 0 Å². The Labute approximate surface area is 125 Å². The molecule has 1 heterocycles. The summed E-state index contributed by atoms with van der Waals surface area (Å²) in [5.74, 6) is 0.635. The molecule has 0 aromatic carbocycles. The molecule has 0 saturated carbocycles. The molecule has 0 atom stereocenters. The number of carbonyl (C=O) groups is 2. The summed E-state index contributed by atoms with van der Waals surface area (Å²) in [6.07, 6.45) is 1.18. The standard InChI is InChI=1S/C14H26N2O3S/c1-3-15(4-2)9-10-20-11-13(17)16-7-5-12(6-8-16)14(18)19/h12H,3-11H2,1-2H3,(H,18,19). The van der Waals surface area contributed by atoms with Crippen molar-refractivity contribution in [2.24, 2.45) is 5.92 Å². The van der Waals surface area contributed by atoms with Crippen LogP contribution in [0.25, 0.3) is 0 Å². The summed E-state index contributed by atoms with van der Waals surface area (Å²) in [4.78, 5) is 27.0. The van der Waals surface area contributed by atoms with Crippen LogP contribution in [0.1, 0.15) is 26.7 Å². The molecule has 1 aliphatic rings. The number of amides is 1. The van der Waals surface area contributed by atoms with Crippen molar-refractivity contribution in [2.45, 2.75) is 26.7 Å². The van der Waals surface area contributed by atoms with Crippen molar-refractivity contribution in [1.82, 2.24) is 9.80 Å². The molecule has 1 amide bonds. The Hall–Kier alpha value is -0.750. The third-order valence-corrected chi connectivity index (χ3v) is 4.79. The van der Waals surface area contributed by atoms with Crippen molar-refractivity contribution >= 4 is 23.6 Å². The Kier molecular flexibility index (Phi) is 7.99. The highest BCUT2D eigenvalue weighted by Crippen LogP contribution is 2.18. The summed E-state index contributed by atoms with van der Waals surface area (Å²) in [5.41, 5.74) is 0. The van der Waals surface area contributed by atoms with Gasteiger partial charge in [0.15, 0.2) is 0 Å². The van der Waals surface area contributed by atoms with Crippen LogP contribution in [0.3, 0.4) is 0 Å². The van der Waals surface area contributed by atoms with Crippen LogP contribution in [-0.4, -0.2) is 71.0 Å². The lowest BCUT2D eigenvalue weighted by atomic mass is 9.97. The molecule has 0 unspecified atom stereocenters. The molecule has 0 aromatic heterocycles. The summed E-state index contributed by atoms with van der Waals surface area (Å²) in [7, 11) is 0. The van der Waals surface area contributed by atoms with E-state index in [1.165, 1.54) is 0 Å². The fraction of sp³-hybridized carbons (Fsp3) is 0.857. The van der Waals surface area contributed by atoms with Gasteiger partial charge < -0.3 is 14.9 Å². The number of thioether (sulfide) groups is 1. The van der Waals surface area contributed by atoms with Gasteiger partial charge in [-0.1, -0.05) is 13.8 Å². The van der Waals surface area contributed by atoms with Gasteiger partial charge in [0.05, 0.1) is 11.7 Å². The fourth-order valence-corrected chi connectivity index (χ4v) is 3.25. The first kappa shape index (κ1) is 17.3. The minimum absolute atomic E-state index is 0.151. The number of rotatable bonds is 8. The second-order valence-electron chi connectivity index (χ2n) is 5.07.